The molecule has 0 bridgehead atoms. The lowest BCUT2D eigenvalue weighted by Gasteiger charge is -2.21. The number of aromatic nitrogens is 1. The number of halogens is 3. The van der Waals surface area contributed by atoms with Gasteiger partial charge in [0.15, 0.2) is 0 Å². The molecule has 4 rings (SSSR count). The van der Waals surface area contributed by atoms with Gasteiger partial charge in [0.2, 0.25) is 5.91 Å². The first-order valence-electron chi connectivity index (χ1n) is 13.4. The van der Waals surface area contributed by atoms with Gasteiger partial charge in [-0.25, -0.2) is 4.79 Å². The van der Waals surface area contributed by atoms with Crippen LogP contribution in [0.2, 0.25) is 0 Å². The van der Waals surface area contributed by atoms with Crippen LogP contribution in [-0.4, -0.2) is 65.4 Å². The van der Waals surface area contributed by atoms with Crippen LogP contribution in [0, 0.1) is 6.92 Å². The molecule has 0 aliphatic carbocycles. The Hall–Kier alpha value is -4.26. The van der Waals surface area contributed by atoms with Gasteiger partial charge in [0.25, 0.3) is 5.91 Å². The number of benzene rings is 2. The Kier molecular flexibility index (Phi) is 9.00. The summed E-state index contributed by atoms with van der Waals surface area (Å²) in [7, 11) is 0. The van der Waals surface area contributed by atoms with Crippen LogP contribution in [0.5, 0.6) is 5.75 Å². The largest absolute Gasteiger partial charge is 0.573 e. The topological polar surface area (TPSA) is 125 Å². The van der Waals surface area contributed by atoms with Crippen LogP contribution < -0.4 is 20.7 Å². The molecule has 0 unspecified atom stereocenters. The molecule has 3 amide bonds. The summed E-state index contributed by atoms with van der Waals surface area (Å²) in [5.74, 6) is -2.00. The lowest BCUT2D eigenvalue weighted by molar-refractivity contribution is -0.274. The number of carbonyl (C=O) groups excluding carboxylic acids is 3. The third-order valence-electron chi connectivity index (χ3n) is 6.47. The molecule has 1 aliphatic heterocycles. The van der Waals surface area contributed by atoms with Crippen LogP contribution in [-0.2, 0) is 16.1 Å². The van der Waals surface area contributed by atoms with E-state index in [-0.39, 0.29) is 17.3 Å². The number of likely N-dealkylation sites (tertiary alicyclic amines) is 1. The van der Waals surface area contributed by atoms with Crippen molar-refractivity contribution in [1.82, 2.24) is 20.5 Å². The molecule has 3 aromatic rings. The van der Waals surface area contributed by atoms with Gasteiger partial charge in [-0.05, 0) is 69.5 Å². The average Bonchev–Trinajstić information content (AvgIpc) is 3.47. The molecule has 13 heteroatoms. The number of aromatic amines is 1. The van der Waals surface area contributed by atoms with E-state index < -0.39 is 42.2 Å². The average molecular weight is 590 g/mol. The zero-order chi connectivity index (χ0) is 30.7. The fraction of sp³-hybridized carbons (Fsp3) is 0.414. The maximum absolute atomic E-state index is 12.9. The van der Waals surface area contributed by atoms with Crippen molar-refractivity contribution < 1.29 is 37.0 Å². The maximum Gasteiger partial charge on any atom is 0.573 e. The minimum Gasteiger partial charge on any atom is -0.444 e. The van der Waals surface area contributed by atoms with Crippen molar-refractivity contribution in [2.24, 2.45) is 0 Å². The molecular formula is C29H34F3N5O5. The van der Waals surface area contributed by atoms with Gasteiger partial charge in [0.05, 0.1) is 17.8 Å². The van der Waals surface area contributed by atoms with Crippen LogP contribution in [0.1, 0.15) is 48.7 Å². The molecule has 4 N–H and O–H groups in total. The molecule has 1 atom stereocenters. The summed E-state index contributed by atoms with van der Waals surface area (Å²) in [6, 6.07) is 8.99. The van der Waals surface area contributed by atoms with Crippen molar-refractivity contribution in [1.29, 1.82) is 0 Å². The third kappa shape index (κ3) is 8.62. The monoisotopic (exact) mass is 589 g/mol. The molecule has 1 aromatic heterocycles. The van der Waals surface area contributed by atoms with E-state index in [0.717, 1.165) is 54.2 Å². The number of aryl methyl sites for hydroxylation is 1. The zero-order valence-electron chi connectivity index (χ0n) is 23.8. The molecule has 0 spiro atoms. The molecule has 42 heavy (non-hydrogen) atoms. The number of H-pyrrole nitrogens is 1. The second-order valence-corrected chi connectivity index (χ2v) is 11.2. The van der Waals surface area contributed by atoms with E-state index in [1.807, 2.05) is 13.1 Å². The van der Waals surface area contributed by atoms with Crippen LogP contribution in [0.3, 0.4) is 0 Å². The second kappa shape index (κ2) is 12.3. The number of hydrogen-bond acceptors (Lipinski definition) is 6. The molecule has 0 radical (unpaired) electrons. The van der Waals surface area contributed by atoms with E-state index >= 15 is 0 Å². The summed E-state index contributed by atoms with van der Waals surface area (Å²) in [5, 5.41) is 8.80. The van der Waals surface area contributed by atoms with Crippen molar-refractivity contribution in [3.05, 3.63) is 59.3 Å². The molecule has 2 heterocycles. The number of alkyl halides is 3. The van der Waals surface area contributed by atoms with E-state index in [4.69, 9.17) is 4.74 Å². The normalized spacial score (nSPS) is 15.8. The number of nitrogens with zero attached hydrogens (tertiary/aromatic N) is 1. The summed E-state index contributed by atoms with van der Waals surface area (Å²) in [5.41, 5.74) is 2.10. The molecule has 2 aromatic carbocycles. The maximum atomic E-state index is 12.9. The Morgan fingerprint density at radius 1 is 1.10 bits per heavy atom. The Bertz CT molecular complexity index is 1460. The smallest absolute Gasteiger partial charge is 0.444 e. The summed E-state index contributed by atoms with van der Waals surface area (Å²) in [6.07, 6.45) is -3.18. The number of nitrogens with one attached hydrogen (secondary N) is 4. The predicted octanol–water partition coefficient (Wildman–Crippen LogP) is 4.84. The van der Waals surface area contributed by atoms with E-state index in [2.05, 4.69) is 48.8 Å². The first-order chi connectivity index (χ1) is 19.6. The van der Waals surface area contributed by atoms with Gasteiger partial charge in [0.1, 0.15) is 11.4 Å². The fourth-order valence-corrected chi connectivity index (χ4v) is 4.73. The lowest BCUT2D eigenvalue weighted by Crippen LogP contribution is -2.43. The Morgan fingerprint density at radius 3 is 2.57 bits per heavy atom. The van der Waals surface area contributed by atoms with Gasteiger partial charge in [-0.3, -0.25) is 19.8 Å². The van der Waals surface area contributed by atoms with E-state index in [1.165, 1.54) is 5.56 Å². The second-order valence-electron chi connectivity index (χ2n) is 11.2. The van der Waals surface area contributed by atoms with Crippen molar-refractivity contribution in [3.63, 3.8) is 0 Å². The minimum absolute atomic E-state index is 0.115. The van der Waals surface area contributed by atoms with E-state index in [1.54, 1.807) is 20.8 Å². The SMILES string of the molecule is Cc1ccc2c(CN3CC[C@@H](NC(=O)CNC(=O)c4cc(OC(F)(F)F)ccc4NC(=O)OC(C)(C)C)C3)c[nH]c2c1. The van der Waals surface area contributed by atoms with Crippen LogP contribution in [0.15, 0.2) is 42.6 Å². The van der Waals surface area contributed by atoms with Crippen molar-refractivity contribution in [2.45, 2.75) is 58.7 Å². The number of amides is 3. The van der Waals surface area contributed by atoms with Gasteiger partial charge in [-0.15, -0.1) is 13.2 Å². The van der Waals surface area contributed by atoms with Crippen LogP contribution in [0.4, 0.5) is 23.7 Å². The van der Waals surface area contributed by atoms with Gasteiger partial charge in [0, 0.05) is 42.8 Å². The summed E-state index contributed by atoms with van der Waals surface area (Å²) >= 11 is 0. The molecule has 226 valence electrons. The number of anilines is 1. The van der Waals surface area contributed by atoms with Gasteiger partial charge in [-0.1, -0.05) is 12.1 Å². The van der Waals surface area contributed by atoms with Gasteiger partial charge < -0.3 is 25.1 Å². The quantitative estimate of drug-likeness (QED) is 0.298. The first-order valence-corrected chi connectivity index (χ1v) is 13.4. The Morgan fingerprint density at radius 2 is 1.86 bits per heavy atom. The van der Waals surface area contributed by atoms with E-state index in [9.17, 15) is 27.6 Å². The highest BCUT2D eigenvalue weighted by Crippen LogP contribution is 2.28. The highest BCUT2D eigenvalue weighted by Gasteiger charge is 2.32. The van der Waals surface area contributed by atoms with Gasteiger partial charge >= 0.3 is 12.5 Å². The van der Waals surface area contributed by atoms with Crippen molar-refractivity contribution in [3.8, 4) is 5.75 Å². The van der Waals surface area contributed by atoms with Gasteiger partial charge in [-0.2, -0.15) is 0 Å². The standard InChI is InChI=1S/C29H34F3N5O5/c1-17-5-7-21-18(13-33-24(21)11-17)15-37-10-9-19(16-37)35-25(38)14-34-26(39)22-12-20(41-29(30,31)32)6-8-23(22)36-27(40)42-28(2,3)4/h5-8,11-13,19,33H,9-10,14-16H2,1-4H3,(H,34,39)(H,35,38)(H,36,40)/t19-/m1/s1. The molecule has 0 saturated carbocycles. The number of hydrogen-bond donors (Lipinski definition) is 4. The summed E-state index contributed by atoms with van der Waals surface area (Å²) in [6.45, 7) is 8.63. The van der Waals surface area contributed by atoms with Crippen molar-refractivity contribution >= 4 is 34.5 Å². The fourth-order valence-electron chi connectivity index (χ4n) is 4.73. The highest BCUT2D eigenvalue weighted by atomic mass is 19.4. The zero-order valence-corrected chi connectivity index (χ0v) is 23.8. The number of carbonyl (C=O) groups is 3. The third-order valence-corrected chi connectivity index (χ3v) is 6.47. The van der Waals surface area contributed by atoms with E-state index in [0.29, 0.717) is 6.54 Å². The van der Waals surface area contributed by atoms with Crippen molar-refractivity contribution in [2.75, 3.05) is 25.0 Å². The van der Waals surface area contributed by atoms with Crippen LogP contribution in [0.25, 0.3) is 10.9 Å². The highest BCUT2D eigenvalue weighted by molar-refractivity contribution is 6.04. The summed E-state index contributed by atoms with van der Waals surface area (Å²) < 4.78 is 47.4. The molecule has 1 saturated heterocycles. The molecule has 1 fully saturated rings. The van der Waals surface area contributed by atoms with Crippen LogP contribution >= 0.6 is 0 Å². The molecular weight excluding hydrogens is 555 g/mol. The summed E-state index contributed by atoms with van der Waals surface area (Å²) in [4.78, 5) is 43.3. The number of ether oxygens (including phenoxy) is 2. The predicted molar refractivity (Wildman–Crippen MR) is 150 cm³/mol. The number of fused-ring (bicyclic) bond motifs is 1. The Labute approximate surface area is 240 Å². The first kappa shape index (κ1) is 30.7. The number of rotatable bonds is 8. The molecule has 10 nitrogen and oxygen atoms in total. The Balaban J connectivity index is 1.33. The lowest BCUT2D eigenvalue weighted by atomic mass is 10.1. The molecule has 1 aliphatic rings. The minimum atomic E-state index is -4.99.